The Morgan fingerprint density at radius 3 is 2.43 bits per heavy atom. The Morgan fingerprint density at radius 2 is 1.81 bits per heavy atom. The van der Waals surface area contributed by atoms with Gasteiger partial charge in [-0.25, -0.2) is 0 Å². The lowest BCUT2D eigenvalue weighted by Crippen LogP contribution is -2.55. The largest absolute Gasteiger partial charge is 0.381 e. The van der Waals surface area contributed by atoms with Crippen molar-refractivity contribution >= 4 is 5.91 Å². The molecule has 0 radical (unpaired) electrons. The molecule has 0 bridgehead atoms. The highest BCUT2D eigenvalue weighted by Gasteiger charge is 2.43. The highest BCUT2D eigenvalue weighted by molar-refractivity contribution is 5.85. The van der Waals surface area contributed by atoms with Crippen molar-refractivity contribution in [2.45, 2.75) is 43.7 Å². The Labute approximate surface area is 125 Å². The quantitative estimate of drug-likeness (QED) is 0.929. The third kappa shape index (κ3) is 2.83. The van der Waals surface area contributed by atoms with Crippen LogP contribution in [0.5, 0.6) is 0 Å². The lowest BCUT2D eigenvalue weighted by molar-refractivity contribution is -0.143. The summed E-state index contributed by atoms with van der Waals surface area (Å²) in [6.07, 6.45) is 3.35. The molecule has 3 rings (SSSR count). The maximum Gasteiger partial charge on any atom is 0.252 e. The number of amides is 1. The molecule has 4 nitrogen and oxygen atoms in total. The number of nitrogens with one attached hydrogen (secondary N) is 1. The smallest absolute Gasteiger partial charge is 0.252 e. The zero-order valence-electron chi connectivity index (χ0n) is 12.6. The van der Waals surface area contributed by atoms with E-state index < -0.39 is 5.60 Å². The van der Waals surface area contributed by atoms with Crippen LogP contribution in [0.1, 0.15) is 38.2 Å². The van der Waals surface area contributed by atoms with Crippen LogP contribution in [0.3, 0.4) is 0 Å². The predicted molar refractivity (Wildman–Crippen MR) is 79.9 cm³/mol. The van der Waals surface area contributed by atoms with Gasteiger partial charge in [0.1, 0.15) is 5.60 Å². The Balaban J connectivity index is 1.85. The summed E-state index contributed by atoms with van der Waals surface area (Å²) in [5.74, 6) is 0.00533. The van der Waals surface area contributed by atoms with E-state index in [0.717, 1.165) is 31.2 Å². The zero-order chi connectivity index (χ0) is 14.8. The number of carbonyl (C=O) groups is 1. The normalized spacial score (nSPS) is 28.2. The first-order valence-electron chi connectivity index (χ1n) is 7.75. The maximum atomic E-state index is 12.7. The second-order valence-corrected chi connectivity index (χ2v) is 6.20. The Kier molecular flexibility index (Phi) is 4.00. The van der Waals surface area contributed by atoms with Gasteiger partial charge in [-0.15, -0.1) is 0 Å². The molecule has 0 aliphatic carbocycles. The van der Waals surface area contributed by atoms with Crippen molar-refractivity contribution in [1.29, 1.82) is 0 Å². The van der Waals surface area contributed by atoms with Gasteiger partial charge in [-0.2, -0.15) is 0 Å². The molecular weight excluding hydrogens is 266 g/mol. The third-order valence-corrected chi connectivity index (χ3v) is 4.72. The van der Waals surface area contributed by atoms with Gasteiger partial charge >= 0.3 is 0 Å². The fraction of sp³-hybridized carbons (Fsp3) is 0.588. The van der Waals surface area contributed by atoms with Crippen molar-refractivity contribution < 1.29 is 14.3 Å². The zero-order valence-corrected chi connectivity index (χ0v) is 12.6. The summed E-state index contributed by atoms with van der Waals surface area (Å²) in [6, 6.07) is 10.2. The average molecular weight is 289 g/mol. The number of hydrogen-bond donors (Lipinski definition) is 1. The van der Waals surface area contributed by atoms with Crippen molar-refractivity contribution in [3.05, 3.63) is 35.9 Å². The molecule has 0 saturated carbocycles. The second kappa shape index (κ2) is 5.78. The van der Waals surface area contributed by atoms with Crippen molar-refractivity contribution in [1.82, 2.24) is 5.32 Å². The van der Waals surface area contributed by atoms with Gasteiger partial charge in [0.2, 0.25) is 0 Å². The Bertz CT molecular complexity index is 488. The molecule has 1 aromatic rings. The molecule has 2 aliphatic heterocycles. The topological polar surface area (TPSA) is 47.6 Å². The van der Waals surface area contributed by atoms with Crippen molar-refractivity contribution in [3.8, 4) is 0 Å². The molecule has 114 valence electrons. The van der Waals surface area contributed by atoms with Crippen LogP contribution in [0.4, 0.5) is 0 Å². The first kappa shape index (κ1) is 14.5. The van der Waals surface area contributed by atoms with E-state index in [9.17, 15) is 4.79 Å². The van der Waals surface area contributed by atoms with Crippen LogP contribution in [-0.2, 0) is 19.8 Å². The van der Waals surface area contributed by atoms with E-state index in [-0.39, 0.29) is 11.4 Å². The van der Waals surface area contributed by atoms with E-state index in [2.05, 4.69) is 17.4 Å². The number of rotatable bonds is 3. The number of hydrogen-bond acceptors (Lipinski definition) is 3. The van der Waals surface area contributed by atoms with Crippen LogP contribution in [0.2, 0.25) is 0 Å². The maximum absolute atomic E-state index is 12.7. The number of carbonyl (C=O) groups excluding carboxylic acids is 1. The summed E-state index contributed by atoms with van der Waals surface area (Å²) < 4.78 is 11.2. The summed E-state index contributed by atoms with van der Waals surface area (Å²) >= 11 is 0. The van der Waals surface area contributed by atoms with Crippen LogP contribution in [0.25, 0.3) is 0 Å². The third-order valence-electron chi connectivity index (χ3n) is 4.72. The summed E-state index contributed by atoms with van der Waals surface area (Å²) in [5.41, 5.74) is 0.147. The van der Waals surface area contributed by atoms with E-state index in [0.29, 0.717) is 19.8 Å². The molecule has 21 heavy (non-hydrogen) atoms. The van der Waals surface area contributed by atoms with E-state index in [1.54, 1.807) is 0 Å². The van der Waals surface area contributed by atoms with Gasteiger partial charge in [0.25, 0.3) is 5.91 Å². The molecule has 4 heteroatoms. The standard InChI is InChI=1S/C17H23NO3/c1-16(8-5-11-21-16)15(19)18-17(9-12-20-13-10-17)14-6-3-2-4-7-14/h2-4,6-7H,5,8-13H2,1H3,(H,18,19). The minimum Gasteiger partial charge on any atom is -0.381 e. The van der Waals surface area contributed by atoms with Gasteiger partial charge in [-0.1, -0.05) is 30.3 Å². The molecule has 1 atom stereocenters. The number of ether oxygens (including phenoxy) is 2. The predicted octanol–water partition coefficient (Wildman–Crippen LogP) is 2.38. The second-order valence-electron chi connectivity index (χ2n) is 6.20. The molecule has 2 fully saturated rings. The molecule has 1 amide bonds. The number of benzene rings is 1. The van der Waals surface area contributed by atoms with Gasteiger partial charge in [0.05, 0.1) is 5.54 Å². The van der Waals surface area contributed by atoms with Crippen LogP contribution < -0.4 is 5.32 Å². The summed E-state index contributed by atoms with van der Waals surface area (Å²) in [7, 11) is 0. The minimum absolute atomic E-state index is 0.00533. The molecular formula is C17H23NO3. The van der Waals surface area contributed by atoms with Gasteiger partial charge in [0.15, 0.2) is 0 Å². The SMILES string of the molecule is CC1(C(=O)NC2(c3ccccc3)CCOCC2)CCCO1. The summed E-state index contributed by atoms with van der Waals surface area (Å²) in [4.78, 5) is 12.7. The molecule has 1 N–H and O–H groups in total. The van der Waals surface area contributed by atoms with E-state index in [1.807, 2.05) is 25.1 Å². The minimum atomic E-state index is -0.680. The van der Waals surface area contributed by atoms with Crippen LogP contribution in [-0.4, -0.2) is 31.3 Å². The monoisotopic (exact) mass is 289 g/mol. The lowest BCUT2D eigenvalue weighted by Gasteiger charge is -2.40. The fourth-order valence-electron chi connectivity index (χ4n) is 3.27. The Hall–Kier alpha value is -1.39. The lowest BCUT2D eigenvalue weighted by atomic mass is 9.82. The molecule has 2 heterocycles. The molecule has 0 spiro atoms. The van der Waals surface area contributed by atoms with Crippen molar-refractivity contribution in [3.63, 3.8) is 0 Å². The van der Waals surface area contributed by atoms with E-state index in [1.165, 1.54) is 0 Å². The molecule has 1 unspecified atom stereocenters. The molecule has 0 aromatic heterocycles. The fourth-order valence-corrected chi connectivity index (χ4v) is 3.27. The molecule has 1 aromatic carbocycles. The van der Waals surface area contributed by atoms with Gasteiger partial charge in [-0.05, 0) is 38.2 Å². The molecule has 2 saturated heterocycles. The van der Waals surface area contributed by atoms with E-state index >= 15 is 0 Å². The average Bonchev–Trinajstić information content (AvgIpc) is 2.97. The van der Waals surface area contributed by atoms with Gasteiger partial charge in [-0.3, -0.25) is 4.79 Å². The summed E-state index contributed by atoms with van der Waals surface area (Å²) in [5, 5.41) is 3.29. The molecule has 2 aliphatic rings. The van der Waals surface area contributed by atoms with Gasteiger partial charge < -0.3 is 14.8 Å². The van der Waals surface area contributed by atoms with E-state index in [4.69, 9.17) is 9.47 Å². The van der Waals surface area contributed by atoms with Crippen LogP contribution in [0.15, 0.2) is 30.3 Å². The Morgan fingerprint density at radius 1 is 1.10 bits per heavy atom. The van der Waals surface area contributed by atoms with Crippen molar-refractivity contribution in [2.24, 2.45) is 0 Å². The van der Waals surface area contributed by atoms with Crippen molar-refractivity contribution in [2.75, 3.05) is 19.8 Å². The first-order chi connectivity index (χ1) is 10.1. The van der Waals surface area contributed by atoms with Crippen LogP contribution >= 0.6 is 0 Å². The van der Waals surface area contributed by atoms with Gasteiger partial charge in [0, 0.05) is 19.8 Å². The van der Waals surface area contributed by atoms with Crippen LogP contribution in [0, 0.1) is 0 Å². The highest BCUT2D eigenvalue weighted by Crippen LogP contribution is 2.34. The highest BCUT2D eigenvalue weighted by atomic mass is 16.5. The first-order valence-corrected chi connectivity index (χ1v) is 7.75. The summed E-state index contributed by atoms with van der Waals surface area (Å²) in [6.45, 7) is 3.91.